The molecule has 1 aliphatic rings. The van der Waals surface area contributed by atoms with E-state index >= 15 is 0 Å². The second-order valence-electron chi connectivity index (χ2n) is 7.14. The van der Waals surface area contributed by atoms with Gasteiger partial charge in [-0.15, -0.1) is 0 Å². The van der Waals surface area contributed by atoms with Crippen LogP contribution >= 0.6 is 11.6 Å². The smallest absolute Gasteiger partial charge is 0.228 e. The predicted molar refractivity (Wildman–Crippen MR) is 117 cm³/mol. The molecule has 1 saturated heterocycles. The van der Waals surface area contributed by atoms with Crippen LogP contribution in [0.5, 0.6) is 11.5 Å². The second kappa shape index (κ2) is 9.68. The third-order valence-corrected chi connectivity index (χ3v) is 7.10. The van der Waals surface area contributed by atoms with Crippen molar-refractivity contribution in [2.24, 2.45) is 5.92 Å². The summed E-state index contributed by atoms with van der Waals surface area (Å²) in [6.45, 7) is 0.547. The Hall–Kier alpha value is -2.29. The first-order chi connectivity index (χ1) is 14.3. The van der Waals surface area contributed by atoms with Gasteiger partial charge >= 0.3 is 0 Å². The fraction of sp³-hybridized carbons (Fsp3) is 0.381. The number of nitrogens with one attached hydrogen (secondary N) is 1. The van der Waals surface area contributed by atoms with Crippen molar-refractivity contribution in [2.45, 2.75) is 18.6 Å². The van der Waals surface area contributed by atoms with Gasteiger partial charge in [-0.3, -0.25) is 4.79 Å². The normalized spacial score (nSPS) is 17.4. The number of halogens is 1. The Morgan fingerprint density at radius 1 is 1.20 bits per heavy atom. The summed E-state index contributed by atoms with van der Waals surface area (Å²) in [5.74, 6) is 0.263. The van der Waals surface area contributed by atoms with E-state index in [1.54, 1.807) is 49.6 Å². The number of anilines is 1. The van der Waals surface area contributed by atoms with Crippen LogP contribution in [0, 0.1) is 5.92 Å². The number of hydrogen-bond donors (Lipinski definition) is 1. The van der Waals surface area contributed by atoms with Gasteiger partial charge in [0.15, 0.2) is 0 Å². The van der Waals surface area contributed by atoms with Crippen LogP contribution in [-0.2, 0) is 20.6 Å². The number of benzene rings is 2. The van der Waals surface area contributed by atoms with Gasteiger partial charge in [-0.05, 0) is 42.7 Å². The molecule has 2 aromatic rings. The summed E-state index contributed by atoms with van der Waals surface area (Å²) in [6, 6.07) is 11.9. The first-order valence-electron chi connectivity index (χ1n) is 9.57. The van der Waals surface area contributed by atoms with E-state index < -0.39 is 15.9 Å². The van der Waals surface area contributed by atoms with Crippen LogP contribution in [0.2, 0.25) is 5.02 Å². The largest absolute Gasteiger partial charge is 0.497 e. The monoisotopic (exact) mass is 452 g/mol. The van der Waals surface area contributed by atoms with E-state index in [9.17, 15) is 13.2 Å². The molecule has 9 heteroatoms. The van der Waals surface area contributed by atoms with Crippen LogP contribution in [-0.4, -0.2) is 45.9 Å². The van der Waals surface area contributed by atoms with Gasteiger partial charge in [0.2, 0.25) is 15.9 Å². The number of piperidine rings is 1. The zero-order valence-corrected chi connectivity index (χ0v) is 18.5. The number of carbonyl (C=O) groups excluding carboxylic acids is 1. The molecule has 1 unspecified atom stereocenters. The third kappa shape index (κ3) is 5.44. The van der Waals surface area contributed by atoms with Crippen LogP contribution in [0.3, 0.4) is 0 Å². The summed E-state index contributed by atoms with van der Waals surface area (Å²) in [5.41, 5.74) is 1.14. The fourth-order valence-electron chi connectivity index (χ4n) is 3.47. The minimum Gasteiger partial charge on any atom is -0.497 e. The molecule has 1 amide bonds. The van der Waals surface area contributed by atoms with Crippen LogP contribution in [0.4, 0.5) is 5.69 Å². The number of amides is 1. The van der Waals surface area contributed by atoms with E-state index in [1.807, 2.05) is 0 Å². The highest BCUT2D eigenvalue weighted by Crippen LogP contribution is 2.30. The number of sulfonamides is 1. The zero-order chi connectivity index (χ0) is 21.7. The van der Waals surface area contributed by atoms with E-state index in [1.165, 1.54) is 11.4 Å². The Morgan fingerprint density at radius 3 is 2.70 bits per heavy atom. The maximum absolute atomic E-state index is 12.9. The number of nitrogens with zero attached hydrogens (tertiary/aromatic N) is 1. The van der Waals surface area contributed by atoms with Gasteiger partial charge in [-0.25, -0.2) is 12.7 Å². The number of carbonyl (C=O) groups is 1. The highest BCUT2D eigenvalue weighted by molar-refractivity contribution is 7.88. The van der Waals surface area contributed by atoms with E-state index in [0.717, 1.165) is 0 Å². The molecule has 162 valence electrons. The molecule has 30 heavy (non-hydrogen) atoms. The summed E-state index contributed by atoms with van der Waals surface area (Å²) < 4.78 is 37.6. The van der Waals surface area contributed by atoms with Gasteiger partial charge in [-0.2, -0.15) is 0 Å². The summed E-state index contributed by atoms with van der Waals surface area (Å²) in [5, 5.41) is 3.35. The zero-order valence-electron chi connectivity index (χ0n) is 16.9. The summed E-state index contributed by atoms with van der Waals surface area (Å²) in [6.07, 6.45) is 1.24. The molecule has 0 saturated carbocycles. The van der Waals surface area contributed by atoms with Crippen LogP contribution in [0.25, 0.3) is 0 Å². The Morgan fingerprint density at radius 2 is 2.00 bits per heavy atom. The molecule has 2 aromatic carbocycles. The quantitative estimate of drug-likeness (QED) is 0.694. The molecule has 7 nitrogen and oxygen atoms in total. The van der Waals surface area contributed by atoms with Crippen LogP contribution in [0.1, 0.15) is 18.4 Å². The molecule has 1 aliphatic heterocycles. The summed E-state index contributed by atoms with van der Waals surface area (Å²) in [7, 11) is -0.503. The number of methoxy groups -OCH3 is 2. The third-order valence-electron chi connectivity index (χ3n) is 5.05. The van der Waals surface area contributed by atoms with E-state index in [4.69, 9.17) is 21.1 Å². The van der Waals surface area contributed by atoms with Gasteiger partial charge in [0.1, 0.15) is 11.5 Å². The van der Waals surface area contributed by atoms with Crippen LogP contribution in [0.15, 0.2) is 42.5 Å². The molecule has 0 spiro atoms. The molecule has 1 atom stereocenters. The Bertz CT molecular complexity index is 1010. The highest BCUT2D eigenvalue weighted by Gasteiger charge is 2.32. The fourth-order valence-corrected chi connectivity index (χ4v) is 5.28. The molecule has 0 radical (unpaired) electrons. The average Bonchev–Trinajstić information content (AvgIpc) is 2.73. The molecular formula is C21H25ClN2O5S. The van der Waals surface area contributed by atoms with Crippen molar-refractivity contribution in [3.05, 3.63) is 53.1 Å². The molecule has 1 heterocycles. The van der Waals surface area contributed by atoms with Gasteiger partial charge < -0.3 is 14.8 Å². The van der Waals surface area contributed by atoms with Crippen molar-refractivity contribution < 1.29 is 22.7 Å². The average molecular weight is 453 g/mol. The van der Waals surface area contributed by atoms with Crippen molar-refractivity contribution in [1.29, 1.82) is 0 Å². The van der Waals surface area contributed by atoms with Gasteiger partial charge in [0, 0.05) is 24.2 Å². The van der Waals surface area contributed by atoms with Gasteiger partial charge in [0.25, 0.3) is 0 Å². The van der Waals surface area contributed by atoms with E-state index in [-0.39, 0.29) is 18.2 Å². The standard InChI is InChI=1S/C21H25ClN2O5S/c1-28-18-8-9-19(20(12-18)29-2)23-21(25)16-6-4-10-24(13-16)30(26,27)14-15-5-3-7-17(22)11-15/h3,5,7-9,11-12,16H,4,6,10,13-14H2,1-2H3,(H,23,25). The number of ether oxygens (including phenoxy) is 2. The van der Waals surface area contributed by atoms with Crippen molar-refractivity contribution in [1.82, 2.24) is 4.31 Å². The van der Waals surface area contributed by atoms with E-state index in [2.05, 4.69) is 5.32 Å². The lowest BCUT2D eigenvalue weighted by Crippen LogP contribution is -2.44. The Labute approximate surface area is 182 Å². The molecule has 0 aliphatic carbocycles. The number of hydrogen-bond acceptors (Lipinski definition) is 5. The molecule has 3 rings (SSSR count). The van der Waals surface area contributed by atoms with Crippen molar-refractivity contribution >= 4 is 33.2 Å². The SMILES string of the molecule is COc1ccc(NC(=O)C2CCCN(S(=O)(=O)Cc3cccc(Cl)c3)C2)c(OC)c1. The maximum atomic E-state index is 12.9. The molecule has 1 N–H and O–H groups in total. The highest BCUT2D eigenvalue weighted by atomic mass is 35.5. The minimum atomic E-state index is -3.56. The molecule has 0 aromatic heterocycles. The minimum absolute atomic E-state index is 0.145. The topological polar surface area (TPSA) is 84.9 Å². The maximum Gasteiger partial charge on any atom is 0.228 e. The lowest BCUT2D eigenvalue weighted by Gasteiger charge is -2.31. The van der Waals surface area contributed by atoms with Crippen LogP contribution < -0.4 is 14.8 Å². The van der Waals surface area contributed by atoms with E-state index in [0.29, 0.717) is 47.2 Å². The first-order valence-corrected chi connectivity index (χ1v) is 11.6. The summed E-state index contributed by atoms with van der Waals surface area (Å²) in [4.78, 5) is 12.8. The van der Waals surface area contributed by atoms with Gasteiger partial charge in [0.05, 0.1) is 31.6 Å². The second-order valence-corrected chi connectivity index (χ2v) is 9.54. The van der Waals surface area contributed by atoms with Crippen molar-refractivity contribution in [2.75, 3.05) is 32.6 Å². The molecular weight excluding hydrogens is 428 g/mol. The Balaban J connectivity index is 1.69. The molecule has 0 bridgehead atoms. The summed E-state index contributed by atoms with van der Waals surface area (Å²) >= 11 is 5.97. The predicted octanol–water partition coefficient (Wildman–Crippen LogP) is 3.54. The Kier molecular flexibility index (Phi) is 7.23. The lowest BCUT2D eigenvalue weighted by atomic mass is 9.98. The van der Waals surface area contributed by atoms with Gasteiger partial charge in [-0.1, -0.05) is 23.7 Å². The van der Waals surface area contributed by atoms with Crippen molar-refractivity contribution in [3.63, 3.8) is 0 Å². The lowest BCUT2D eigenvalue weighted by molar-refractivity contribution is -0.120. The number of rotatable bonds is 7. The first kappa shape index (κ1) is 22.4. The van der Waals surface area contributed by atoms with Crippen molar-refractivity contribution in [3.8, 4) is 11.5 Å². The molecule has 1 fully saturated rings.